The van der Waals surface area contributed by atoms with Crippen LogP contribution in [0.4, 0.5) is 10.1 Å². The van der Waals surface area contributed by atoms with Crippen LogP contribution in [0.5, 0.6) is 0 Å². The number of carbonyl (C=O) groups excluding carboxylic acids is 1. The molecule has 5 heteroatoms. The highest BCUT2D eigenvalue weighted by Gasteiger charge is 2.20. The van der Waals surface area contributed by atoms with Crippen LogP contribution in [0.2, 0.25) is 0 Å². The largest absolute Gasteiger partial charge is 0.398 e. The summed E-state index contributed by atoms with van der Waals surface area (Å²) in [5.41, 5.74) is 14.4. The van der Waals surface area contributed by atoms with Gasteiger partial charge in [0.25, 0.3) is 0 Å². The highest BCUT2D eigenvalue weighted by Crippen LogP contribution is 2.31. The van der Waals surface area contributed by atoms with Crippen molar-refractivity contribution in [2.24, 2.45) is 0 Å². The van der Waals surface area contributed by atoms with Crippen molar-refractivity contribution < 1.29 is 9.18 Å². The third kappa shape index (κ3) is 5.26. The van der Waals surface area contributed by atoms with Gasteiger partial charge in [-0.25, -0.2) is 4.39 Å². The van der Waals surface area contributed by atoms with Gasteiger partial charge in [-0.05, 0) is 91.2 Å². The first-order valence-electron chi connectivity index (χ1n) is 12.6. The van der Waals surface area contributed by atoms with Crippen molar-refractivity contribution in [1.82, 2.24) is 10.3 Å². The number of hydrogen-bond acceptors (Lipinski definition) is 3. The van der Waals surface area contributed by atoms with E-state index < -0.39 is 5.82 Å². The second-order valence-electron chi connectivity index (χ2n) is 9.70. The van der Waals surface area contributed by atoms with Crippen molar-refractivity contribution >= 4 is 28.4 Å². The maximum atomic E-state index is 13.2. The second-order valence-corrected chi connectivity index (χ2v) is 9.70. The molecule has 36 heavy (non-hydrogen) atoms. The minimum absolute atomic E-state index is 0.0573. The van der Waals surface area contributed by atoms with Crippen LogP contribution in [0, 0.1) is 12.7 Å². The molecule has 1 aliphatic carbocycles. The molecule has 0 saturated heterocycles. The number of H-pyrrole nitrogens is 1. The fraction of sp³-hybridized carbons (Fsp3) is 0.258. The van der Waals surface area contributed by atoms with Crippen LogP contribution in [0.1, 0.15) is 52.4 Å². The lowest BCUT2D eigenvalue weighted by molar-refractivity contribution is -0.113. The van der Waals surface area contributed by atoms with Crippen LogP contribution >= 0.6 is 0 Å². The van der Waals surface area contributed by atoms with Gasteiger partial charge in [0.2, 0.25) is 0 Å². The normalized spacial score (nSPS) is 15.4. The van der Waals surface area contributed by atoms with Crippen LogP contribution in [0.3, 0.4) is 0 Å². The molecule has 0 saturated carbocycles. The van der Waals surface area contributed by atoms with Gasteiger partial charge in [-0.3, -0.25) is 4.79 Å². The van der Waals surface area contributed by atoms with Gasteiger partial charge < -0.3 is 16.0 Å². The van der Waals surface area contributed by atoms with Gasteiger partial charge in [0.05, 0.1) is 0 Å². The number of halogens is 1. The number of benzene rings is 3. The predicted molar refractivity (Wildman–Crippen MR) is 145 cm³/mol. The fourth-order valence-corrected chi connectivity index (χ4v) is 5.34. The van der Waals surface area contributed by atoms with E-state index >= 15 is 0 Å². The maximum Gasteiger partial charge on any atom is 0.160 e. The number of rotatable bonds is 8. The van der Waals surface area contributed by atoms with Gasteiger partial charge in [-0.15, -0.1) is 0 Å². The summed E-state index contributed by atoms with van der Waals surface area (Å²) in [6.07, 6.45) is 7.93. The molecule has 184 valence electrons. The monoisotopic (exact) mass is 481 g/mol. The summed E-state index contributed by atoms with van der Waals surface area (Å²) >= 11 is 0. The standard InChI is InChI=1S/C31H32FN3O/c1-20-26(28-6-2-3-7-31(28)35-20)15-16-34-30-8-4-5-22-17-21(10-14-27(22)30)9-13-25(36)18-23-11-12-24(32)19-29(23)33/h2-3,6-7,9-14,17,19,30,34-35H,4-5,8,15-16,18,33H2,1H3/b13-9+. The summed E-state index contributed by atoms with van der Waals surface area (Å²) in [4.78, 5) is 15.9. The molecule has 1 atom stereocenters. The Morgan fingerprint density at radius 2 is 2.03 bits per heavy atom. The van der Waals surface area contributed by atoms with Crippen molar-refractivity contribution in [3.05, 3.63) is 106 Å². The van der Waals surface area contributed by atoms with Crippen LogP contribution in [0.15, 0.2) is 66.7 Å². The zero-order chi connectivity index (χ0) is 25.1. The molecule has 1 heterocycles. The van der Waals surface area contributed by atoms with Gasteiger partial charge in [0.15, 0.2) is 5.78 Å². The van der Waals surface area contributed by atoms with Crippen molar-refractivity contribution in [2.75, 3.05) is 12.3 Å². The molecule has 0 spiro atoms. The van der Waals surface area contributed by atoms with Gasteiger partial charge in [-0.2, -0.15) is 0 Å². The number of aromatic nitrogens is 1. The van der Waals surface area contributed by atoms with Crippen molar-refractivity contribution in [1.29, 1.82) is 0 Å². The topological polar surface area (TPSA) is 70.9 Å². The lowest BCUT2D eigenvalue weighted by Crippen LogP contribution is -2.27. The third-order valence-corrected chi connectivity index (χ3v) is 7.21. The Bertz CT molecular complexity index is 1440. The highest BCUT2D eigenvalue weighted by molar-refractivity contribution is 5.95. The van der Waals surface area contributed by atoms with Crippen LogP contribution in [-0.4, -0.2) is 17.3 Å². The molecule has 0 fully saturated rings. The first-order valence-corrected chi connectivity index (χ1v) is 12.6. The van der Waals surface area contributed by atoms with Crippen LogP contribution in [-0.2, 0) is 24.1 Å². The van der Waals surface area contributed by atoms with Crippen LogP contribution in [0.25, 0.3) is 17.0 Å². The SMILES string of the molecule is Cc1[nH]c2ccccc2c1CCNC1CCCc2cc(/C=C/C(=O)Cc3ccc(F)cc3N)ccc21. The van der Waals surface area contributed by atoms with E-state index in [1.54, 1.807) is 12.1 Å². The number of para-hydroxylation sites is 1. The Hall–Kier alpha value is -3.70. The van der Waals surface area contributed by atoms with Gasteiger partial charge in [-0.1, -0.05) is 48.5 Å². The van der Waals surface area contributed by atoms with Crippen molar-refractivity contribution in [2.45, 2.75) is 45.1 Å². The quantitative estimate of drug-likeness (QED) is 0.206. The Labute approximate surface area is 211 Å². The Morgan fingerprint density at radius 3 is 2.89 bits per heavy atom. The summed E-state index contributed by atoms with van der Waals surface area (Å²) in [6, 6.07) is 19.5. The number of allylic oxidation sites excluding steroid dienone is 1. The van der Waals surface area contributed by atoms with Crippen molar-refractivity contribution in [3.63, 3.8) is 0 Å². The summed E-state index contributed by atoms with van der Waals surface area (Å²) in [5.74, 6) is -0.452. The lowest BCUT2D eigenvalue weighted by Gasteiger charge is -2.27. The Morgan fingerprint density at radius 1 is 1.17 bits per heavy atom. The molecule has 4 nitrogen and oxygen atoms in total. The van der Waals surface area contributed by atoms with E-state index in [0.717, 1.165) is 37.8 Å². The number of nitrogens with one attached hydrogen (secondary N) is 2. The average Bonchev–Trinajstić information content (AvgIpc) is 3.19. The summed E-state index contributed by atoms with van der Waals surface area (Å²) < 4.78 is 13.2. The number of fused-ring (bicyclic) bond motifs is 2. The molecule has 3 aromatic carbocycles. The molecule has 5 rings (SSSR count). The molecule has 1 unspecified atom stereocenters. The maximum absolute atomic E-state index is 13.2. The molecule has 0 radical (unpaired) electrons. The molecule has 0 aliphatic heterocycles. The van der Waals surface area contributed by atoms with E-state index in [9.17, 15) is 9.18 Å². The second kappa shape index (κ2) is 10.5. The summed E-state index contributed by atoms with van der Waals surface area (Å²) in [6.45, 7) is 3.08. The predicted octanol–water partition coefficient (Wildman–Crippen LogP) is 6.23. The number of hydrogen-bond donors (Lipinski definition) is 3. The first kappa shape index (κ1) is 24.0. The molecule has 1 aromatic heterocycles. The lowest BCUT2D eigenvalue weighted by atomic mass is 9.86. The van der Waals surface area contributed by atoms with Crippen LogP contribution < -0.4 is 11.1 Å². The molecule has 0 amide bonds. The number of aromatic amines is 1. The molecule has 4 aromatic rings. The van der Waals surface area contributed by atoms with E-state index in [-0.39, 0.29) is 12.2 Å². The van der Waals surface area contributed by atoms with E-state index in [4.69, 9.17) is 5.73 Å². The zero-order valence-electron chi connectivity index (χ0n) is 20.6. The van der Waals surface area contributed by atoms with E-state index in [2.05, 4.69) is 59.7 Å². The van der Waals surface area contributed by atoms with Gasteiger partial charge in [0, 0.05) is 34.7 Å². The first-order chi connectivity index (χ1) is 17.5. The number of nitrogen functional groups attached to an aromatic ring is 1. The molecule has 1 aliphatic rings. The molecule has 4 N–H and O–H groups in total. The van der Waals surface area contributed by atoms with E-state index in [0.29, 0.717) is 17.3 Å². The summed E-state index contributed by atoms with van der Waals surface area (Å²) in [7, 11) is 0. The highest BCUT2D eigenvalue weighted by atomic mass is 19.1. The van der Waals surface area contributed by atoms with Gasteiger partial charge >= 0.3 is 0 Å². The Balaban J connectivity index is 1.21. The zero-order valence-corrected chi connectivity index (χ0v) is 20.6. The summed E-state index contributed by atoms with van der Waals surface area (Å²) in [5, 5.41) is 5.10. The van der Waals surface area contributed by atoms with Gasteiger partial charge in [0.1, 0.15) is 5.82 Å². The molecular formula is C31H32FN3O. The Kier molecular flexibility index (Phi) is 7.01. The third-order valence-electron chi connectivity index (χ3n) is 7.21. The van der Waals surface area contributed by atoms with Crippen molar-refractivity contribution in [3.8, 4) is 0 Å². The average molecular weight is 482 g/mol. The van der Waals surface area contributed by atoms with E-state index in [1.165, 1.54) is 45.4 Å². The fourth-order valence-electron chi connectivity index (χ4n) is 5.34. The molecule has 0 bridgehead atoms. The number of ketones is 1. The number of nitrogens with two attached hydrogens (primary N) is 1. The number of aryl methyl sites for hydroxylation is 2. The molecular weight excluding hydrogens is 449 g/mol. The minimum atomic E-state index is -0.394. The minimum Gasteiger partial charge on any atom is -0.398 e. The number of anilines is 1. The smallest absolute Gasteiger partial charge is 0.160 e. The van der Waals surface area contributed by atoms with E-state index in [1.807, 2.05) is 6.08 Å². The number of carbonyl (C=O) groups is 1.